The molecule has 5 rings (SSSR count). The van der Waals surface area contributed by atoms with Crippen LogP contribution in [0.2, 0.25) is 0 Å². The van der Waals surface area contributed by atoms with E-state index in [9.17, 15) is 18.0 Å². The lowest BCUT2D eigenvalue weighted by Crippen LogP contribution is -2.25. The summed E-state index contributed by atoms with van der Waals surface area (Å²) in [5.41, 5.74) is 2.98. The maximum atomic E-state index is 13.2. The molecule has 2 fully saturated rings. The van der Waals surface area contributed by atoms with Crippen LogP contribution in [0, 0.1) is 11.8 Å². The van der Waals surface area contributed by atoms with E-state index < -0.39 is 12.3 Å². The Kier molecular flexibility index (Phi) is 7.76. The molecule has 0 spiro atoms. The van der Waals surface area contributed by atoms with Gasteiger partial charge in [0.2, 0.25) is 0 Å². The quantitative estimate of drug-likeness (QED) is 0.330. The maximum absolute atomic E-state index is 13.2. The van der Waals surface area contributed by atoms with Gasteiger partial charge in [-0.25, -0.2) is 4.79 Å². The lowest BCUT2D eigenvalue weighted by Gasteiger charge is -2.30. The molecular formula is C30H31F3N2O4. The molecule has 0 bridgehead atoms. The first-order chi connectivity index (χ1) is 18.7. The minimum Gasteiger partial charge on any atom is -0.490 e. The predicted molar refractivity (Wildman–Crippen MR) is 143 cm³/mol. The van der Waals surface area contributed by atoms with Crippen molar-refractivity contribution in [1.29, 1.82) is 0 Å². The fourth-order valence-electron chi connectivity index (χ4n) is 4.99. The van der Waals surface area contributed by atoms with Gasteiger partial charge in [0.25, 0.3) is 0 Å². The van der Waals surface area contributed by atoms with Gasteiger partial charge in [0, 0.05) is 41.9 Å². The van der Waals surface area contributed by atoms with Gasteiger partial charge < -0.3 is 18.8 Å². The van der Waals surface area contributed by atoms with Crippen molar-refractivity contribution in [2.24, 2.45) is 0 Å². The number of ether oxygens (including phenoxy) is 3. The van der Waals surface area contributed by atoms with Gasteiger partial charge in [0.1, 0.15) is 11.9 Å². The van der Waals surface area contributed by atoms with Crippen molar-refractivity contribution in [3.63, 3.8) is 0 Å². The van der Waals surface area contributed by atoms with Crippen LogP contribution in [-0.4, -0.2) is 42.3 Å². The maximum Gasteiger partial charge on any atom is 0.458 e. The number of benzene rings is 2. The van der Waals surface area contributed by atoms with Crippen LogP contribution in [0.1, 0.15) is 57.6 Å². The van der Waals surface area contributed by atoms with Gasteiger partial charge in [-0.15, -0.1) is 0 Å². The third-order valence-electron chi connectivity index (χ3n) is 6.96. The SMILES string of the molecule is CC(C)OC(=O)Nc1ccc(-c2c(C#CC(F)(F)F)c3ccc(OC4CCOCC4)cc3n2C2CCC2)cc1. The van der Waals surface area contributed by atoms with E-state index in [4.69, 9.17) is 14.2 Å². The average Bonchev–Trinajstić information content (AvgIpc) is 3.15. The number of rotatable bonds is 6. The Morgan fingerprint density at radius 1 is 1.08 bits per heavy atom. The summed E-state index contributed by atoms with van der Waals surface area (Å²) in [6.07, 6.45) is -0.947. The van der Waals surface area contributed by atoms with E-state index in [1.807, 2.05) is 6.07 Å². The van der Waals surface area contributed by atoms with Crippen molar-refractivity contribution in [1.82, 2.24) is 4.57 Å². The van der Waals surface area contributed by atoms with Crippen molar-refractivity contribution in [2.45, 2.75) is 70.4 Å². The molecule has 1 saturated heterocycles. The van der Waals surface area contributed by atoms with E-state index in [2.05, 4.69) is 15.8 Å². The molecule has 2 aliphatic rings. The number of nitrogens with one attached hydrogen (secondary N) is 1. The smallest absolute Gasteiger partial charge is 0.458 e. The highest BCUT2D eigenvalue weighted by molar-refractivity contribution is 5.96. The Labute approximate surface area is 225 Å². The zero-order valence-electron chi connectivity index (χ0n) is 21.9. The minimum absolute atomic E-state index is 0.0368. The number of hydrogen-bond acceptors (Lipinski definition) is 4. The predicted octanol–water partition coefficient (Wildman–Crippen LogP) is 7.46. The Bertz CT molecular complexity index is 1390. The number of alkyl halides is 3. The Balaban J connectivity index is 1.59. The number of halogens is 3. The molecule has 1 aliphatic carbocycles. The van der Waals surface area contributed by atoms with Gasteiger partial charge in [-0.05, 0) is 62.9 Å². The Morgan fingerprint density at radius 2 is 1.79 bits per heavy atom. The van der Waals surface area contributed by atoms with Crippen LogP contribution < -0.4 is 10.1 Å². The molecule has 0 unspecified atom stereocenters. The molecule has 0 radical (unpaired) electrons. The van der Waals surface area contributed by atoms with E-state index in [1.165, 1.54) is 5.92 Å². The van der Waals surface area contributed by atoms with E-state index in [0.717, 1.165) is 37.6 Å². The lowest BCUT2D eigenvalue weighted by molar-refractivity contribution is -0.0696. The number of hydrogen-bond donors (Lipinski definition) is 1. The molecule has 39 heavy (non-hydrogen) atoms. The molecule has 9 heteroatoms. The molecule has 2 aromatic carbocycles. The normalized spacial score (nSPS) is 16.5. The molecule has 3 aromatic rings. The second-order valence-corrected chi connectivity index (χ2v) is 10.2. The van der Waals surface area contributed by atoms with Gasteiger partial charge in [-0.3, -0.25) is 5.32 Å². The van der Waals surface area contributed by atoms with Crippen molar-refractivity contribution in [3.05, 3.63) is 48.0 Å². The fraction of sp³-hybridized carbons (Fsp3) is 0.433. The molecule has 206 valence electrons. The van der Waals surface area contributed by atoms with Gasteiger partial charge in [0.15, 0.2) is 0 Å². The number of carbonyl (C=O) groups is 1. The molecule has 1 saturated carbocycles. The molecule has 1 N–H and O–H groups in total. The summed E-state index contributed by atoms with van der Waals surface area (Å²) in [5, 5.41) is 3.32. The van der Waals surface area contributed by atoms with Crippen LogP contribution >= 0.6 is 0 Å². The van der Waals surface area contributed by atoms with E-state index in [0.29, 0.717) is 46.9 Å². The highest BCUT2D eigenvalue weighted by Crippen LogP contribution is 2.43. The third-order valence-corrected chi connectivity index (χ3v) is 6.96. The standard InChI is InChI=1S/C30H31F3N2O4/c1-19(2)38-29(36)34-21-8-6-20(7-9-21)28-26(12-15-30(31,32)33)25-11-10-24(39-23-13-16-37-17-14-23)18-27(25)35(28)22-4-3-5-22/h6-11,18-19,22-23H,3-5,13-14,16-17H2,1-2H3,(H,34,36). The van der Waals surface area contributed by atoms with Crippen molar-refractivity contribution in [2.75, 3.05) is 18.5 Å². The third kappa shape index (κ3) is 6.34. The fourth-order valence-corrected chi connectivity index (χ4v) is 4.99. The highest BCUT2D eigenvalue weighted by Gasteiger charge is 2.29. The van der Waals surface area contributed by atoms with Crippen LogP contribution in [0.4, 0.5) is 23.7 Å². The summed E-state index contributed by atoms with van der Waals surface area (Å²) < 4.78 is 58.6. The largest absolute Gasteiger partial charge is 0.490 e. The van der Waals surface area contributed by atoms with Crippen molar-refractivity contribution in [3.8, 4) is 28.8 Å². The van der Waals surface area contributed by atoms with E-state index >= 15 is 0 Å². The molecule has 0 atom stereocenters. The van der Waals surface area contributed by atoms with Gasteiger partial charge in [-0.1, -0.05) is 18.1 Å². The Hall–Kier alpha value is -3.64. The minimum atomic E-state index is -4.63. The first-order valence-corrected chi connectivity index (χ1v) is 13.3. The number of fused-ring (bicyclic) bond motifs is 1. The molecule has 2 heterocycles. The Morgan fingerprint density at radius 3 is 2.41 bits per heavy atom. The summed E-state index contributed by atoms with van der Waals surface area (Å²) >= 11 is 0. The number of nitrogens with zero attached hydrogens (tertiary/aromatic N) is 1. The van der Waals surface area contributed by atoms with E-state index in [-0.39, 0.29) is 18.2 Å². The van der Waals surface area contributed by atoms with Crippen LogP contribution in [0.5, 0.6) is 5.75 Å². The molecular weight excluding hydrogens is 509 g/mol. The molecule has 1 aliphatic heterocycles. The van der Waals surface area contributed by atoms with Crippen LogP contribution in [0.15, 0.2) is 42.5 Å². The lowest BCUT2D eigenvalue weighted by atomic mass is 9.92. The number of aromatic nitrogens is 1. The van der Waals surface area contributed by atoms with Gasteiger partial charge in [-0.2, -0.15) is 13.2 Å². The zero-order valence-corrected chi connectivity index (χ0v) is 21.9. The van der Waals surface area contributed by atoms with E-state index in [1.54, 1.807) is 50.2 Å². The number of carbonyl (C=O) groups excluding carboxylic acids is 1. The molecule has 1 amide bonds. The summed E-state index contributed by atoms with van der Waals surface area (Å²) in [7, 11) is 0. The first kappa shape index (κ1) is 26.9. The molecule has 1 aromatic heterocycles. The van der Waals surface area contributed by atoms with Crippen LogP contribution in [-0.2, 0) is 9.47 Å². The zero-order chi connectivity index (χ0) is 27.6. The highest BCUT2D eigenvalue weighted by atomic mass is 19.4. The van der Waals surface area contributed by atoms with Gasteiger partial charge >= 0.3 is 12.3 Å². The second-order valence-electron chi connectivity index (χ2n) is 10.2. The van der Waals surface area contributed by atoms with Gasteiger partial charge in [0.05, 0.1) is 36.1 Å². The number of anilines is 1. The first-order valence-electron chi connectivity index (χ1n) is 13.3. The number of amides is 1. The second kappa shape index (κ2) is 11.2. The topological polar surface area (TPSA) is 61.7 Å². The van der Waals surface area contributed by atoms with Crippen LogP contribution in [0.25, 0.3) is 22.2 Å². The monoisotopic (exact) mass is 540 g/mol. The average molecular weight is 541 g/mol. The molecule has 6 nitrogen and oxygen atoms in total. The van der Waals surface area contributed by atoms with Crippen molar-refractivity contribution >= 4 is 22.7 Å². The summed E-state index contributed by atoms with van der Waals surface area (Å²) in [5.74, 6) is 4.61. The summed E-state index contributed by atoms with van der Waals surface area (Å²) in [4.78, 5) is 12.0. The van der Waals surface area contributed by atoms with Crippen molar-refractivity contribution < 1.29 is 32.2 Å². The summed E-state index contributed by atoms with van der Waals surface area (Å²) in [6.45, 7) is 4.80. The van der Waals surface area contributed by atoms with Crippen LogP contribution in [0.3, 0.4) is 0 Å². The summed E-state index contributed by atoms with van der Waals surface area (Å²) in [6, 6.07) is 12.7.